The molecule has 1 aliphatic heterocycles. The molecule has 0 unspecified atom stereocenters. The summed E-state index contributed by atoms with van der Waals surface area (Å²) in [6.07, 6.45) is 1.77. The van der Waals surface area contributed by atoms with E-state index in [0.717, 1.165) is 38.3 Å². The molecule has 2 aromatic rings. The van der Waals surface area contributed by atoms with Crippen LogP contribution in [-0.2, 0) is 17.9 Å². The van der Waals surface area contributed by atoms with Gasteiger partial charge in [0.05, 0.1) is 0 Å². The maximum absolute atomic E-state index is 13.2. The topological polar surface area (TPSA) is 61.4 Å². The Balaban J connectivity index is 1.47. The Morgan fingerprint density at radius 1 is 1.12 bits per heavy atom. The predicted octanol–water partition coefficient (Wildman–Crippen LogP) is 1.96. The van der Waals surface area contributed by atoms with Crippen molar-refractivity contribution >= 4 is 11.7 Å². The first-order valence-electron chi connectivity index (χ1n) is 8.93. The van der Waals surface area contributed by atoms with E-state index in [9.17, 15) is 9.18 Å². The zero-order valence-corrected chi connectivity index (χ0v) is 15.0. The standard InChI is InChI=1S/C19H24FN5O/c1-2-19(26)21-12-15-3-5-16(6-4-15)13-24-7-9-25(10-8-24)18-11-17(20)22-14-23-18/h3-6,11,14H,2,7-10,12-13H2,1H3,(H,21,26). The Bertz CT molecular complexity index is 729. The smallest absolute Gasteiger partial charge is 0.219 e. The highest BCUT2D eigenvalue weighted by molar-refractivity contribution is 5.75. The quantitative estimate of drug-likeness (QED) is 0.801. The summed E-state index contributed by atoms with van der Waals surface area (Å²) in [5.41, 5.74) is 2.35. The zero-order chi connectivity index (χ0) is 18.4. The maximum Gasteiger partial charge on any atom is 0.219 e. The van der Waals surface area contributed by atoms with Gasteiger partial charge in [0.15, 0.2) is 0 Å². The first-order chi connectivity index (χ1) is 12.6. The molecule has 1 amide bonds. The number of hydrogen-bond acceptors (Lipinski definition) is 5. The Morgan fingerprint density at radius 3 is 2.46 bits per heavy atom. The maximum atomic E-state index is 13.2. The molecule has 0 spiro atoms. The van der Waals surface area contributed by atoms with Crippen molar-refractivity contribution in [2.45, 2.75) is 26.4 Å². The molecule has 0 bridgehead atoms. The number of anilines is 1. The van der Waals surface area contributed by atoms with E-state index < -0.39 is 5.95 Å². The van der Waals surface area contributed by atoms with Crippen LogP contribution in [0.2, 0.25) is 0 Å². The summed E-state index contributed by atoms with van der Waals surface area (Å²) in [5.74, 6) is 0.221. The summed E-state index contributed by atoms with van der Waals surface area (Å²) in [6.45, 7) is 6.74. The van der Waals surface area contributed by atoms with Gasteiger partial charge in [-0.25, -0.2) is 9.97 Å². The fourth-order valence-corrected chi connectivity index (χ4v) is 2.98. The lowest BCUT2D eigenvalue weighted by molar-refractivity contribution is -0.120. The van der Waals surface area contributed by atoms with E-state index in [4.69, 9.17) is 0 Å². The van der Waals surface area contributed by atoms with Gasteiger partial charge in [0.2, 0.25) is 11.9 Å². The minimum atomic E-state index is -0.493. The van der Waals surface area contributed by atoms with Gasteiger partial charge in [0, 0.05) is 51.8 Å². The van der Waals surface area contributed by atoms with Gasteiger partial charge in [-0.2, -0.15) is 4.39 Å². The van der Waals surface area contributed by atoms with E-state index in [1.165, 1.54) is 18.0 Å². The predicted molar refractivity (Wildman–Crippen MR) is 98.1 cm³/mol. The summed E-state index contributed by atoms with van der Waals surface area (Å²) in [5, 5.41) is 2.88. The van der Waals surface area contributed by atoms with E-state index in [1.54, 1.807) is 0 Å². The Hall–Kier alpha value is -2.54. The second kappa shape index (κ2) is 8.71. The van der Waals surface area contributed by atoms with Crippen LogP contribution >= 0.6 is 0 Å². The van der Waals surface area contributed by atoms with E-state index in [1.807, 2.05) is 6.92 Å². The molecule has 2 heterocycles. The number of nitrogens with zero attached hydrogens (tertiary/aromatic N) is 4. The molecule has 1 fully saturated rings. The van der Waals surface area contributed by atoms with Gasteiger partial charge in [0.1, 0.15) is 12.1 Å². The fourth-order valence-electron chi connectivity index (χ4n) is 2.98. The number of halogens is 1. The molecule has 7 heteroatoms. The number of rotatable bonds is 6. The Kier molecular flexibility index (Phi) is 6.12. The van der Waals surface area contributed by atoms with Gasteiger partial charge < -0.3 is 10.2 Å². The van der Waals surface area contributed by atoms with Crippen molar-refractivity contribution in [3.8, 4) is 0 Å². The largest absolute Gasteiger partial charge is 0.354 e. The number of piperazine rings is 1. The van der Waals surface area contributed by atoms with Crippen LogP contribution in [0.3, 0.4) is 0 Å². The number of aromatic nitrogens is 2. The van der Waals surface area contributed by atoms with Crippen LogP contribution in [0.25, 0.3) is 0 Å². The van der Waals surface area contributed by atoms with Crippen LogP contribution in [0.1, 0.15) is 24.5 Å². The van der Waals surface area contributed by atoms with Crippen LogP contribution in [0, 0.1) is 5.95 Å². The third-order valence-corrected chi connectivity index (χ3v) is 4.56. The summed E-state index contributed by atoms with van der Waals surface area (Å²) in [4.78, 5) is 23.4. The van der Waals surface area contributed by atoms with Crippen LogP contribution in [0.15, 0.2) is 36.7 Å². The van der Waals surface area contributed by atoms with E-state index in [-0.39, 0.29) is 5.91 Å². The minimum Gasteiger partial charge on any atom is -0.354 e. The first-order valence-corrected chi connectivity index (χ1v) is 8.93. The number of amides is 1. The third kappa shape index (κ3) is 4.98. The fraction of sp³-hybridized carbons (Fsp3) is 0.421. The van der Waals surface area contributed by atoms with Crippen molar-refractivity contribution in [3.05, 3.63) is 53.7 Å². The number of nitrogens with one attached hydrogen (secondary N) is 1. The van der Waals surface area contributed by atoms with Crippen LogP contribution in [0.5, 0.6) is 0 Å². The molecule has 0 radical (unpaired) electrons. The van der Waals surface area contributed by atoms with Crippen molar-refractivity contribution in [3.63, 3.8) is 0 Å². The third-order valence-electron chi connectivity index (χ3n) is 4.56. The zero-order valence-electron chi connectivity index (χ0n) is 15.0. The van der Waals surface area contributed by atoms with Gasteiger partial charge in [-0.15, -0.1) is 0 Å². The molecule has 0 saturated carbocycles. The molecular weight excluding hydrogens is 333 g/mol. The van der Waals surface area contributed by atoms with Crippen molar-refractivity contribution in [1.82, 2.24) is 20.2 Å². The summed E-state index contributed by atoms with van der Waals surface area (Å²) in [6, 6.07) is 9.72. The molecule has 6 nitrogen and oxygen atoms in total. The highest BCUT2D eigenvalue weighted by Crippen LogP contribution is 2.15. The molecule has 1 aliphatic rings. The Labute approximate surface area is 153 Å². The van der Waals surface area contributed by atoms with Gasteiger partial charge in [0.25, 0.3) is 0 Å². The van der Waals surface area contributed by atoms with Gasteiger partial charge in [-0.1, -0.05) is 31.2 Å². The average molecular weight is 357 g/mol. The van der Waals surface area contributed by atoms with Gasteiger partial charge in [-0.3, -0.25) is 9.69 Å². The van der Waals surface area contributed by atoms with Crippen molar-refractivity contribution in [2.75, 3.05) is 31.1 Å². The number of carbonyl (C=O) groups excluding carboxylic acids is 1. The lowest BCUT2D eigenvalue weighted by Gasteiger charge is -2.35. The molecule has 1 N–H and O–H groups in total. The average Bonchev–Trinajstić information content (AvgIpc) is 2.68. The van der Waals surface area contributed by atoms with Crippen LogP contribution < -0.4 is 10.2 Å². The van der Waals surface area contributed by atoms with Gasteiger partial charge >= 0.3 is 0 Å². The first kappa shape index (κ1) is 18.3. The normalized spacial score (nSPS) is 15.1. The number of hydrogen-bond donors (Lipinski definition) is 1. The minimum absolute atomic E-state index is 0.0653. The summed E-state index contributed by atoms with van der Waals surface area (Å²) >= 11 is 0. The molecule has 1 aromatic heterocycles. The molecule has 138 valence electrons. The molecule has 1 saturated heterocycles. The number of carbonyl (C=O) groups is 1. The molecule has 1 aromatic carbocycles. The summed E-state index contributed by atoms with van der Waals surface area (Å²) < 4.78 is 13.2. The second-order valence-electron chi connectivity index (χ2n) is 6.41. The van der Waals surface area contributed by atoms with E-state index >= 15 is 0 Å². The molecule has 0 atom stereocenters. The molecular formula is C19H24FN5O. The van der Waals surface area contributed by atoms with Crippen molar-refractivity contribution in [2.24, 2.45) is 0 Å². The second-order valence-corrected chi connectivity index (χ2v) is 6.41. The molecule has 3 rings (SSSR count). The molecule has 0 aliphatic carbocycles. The highest BCUT2D eigenvalue weighted by Gasteiger charge is 2.18. The lowest BCUT2D eigenvalue weighted by Crippen LogP contribution is -2.46. The number of benzene rings is 1. The SMILES string of the molecule is CCC(=O)NCc1ccc(CN2CCN(c3cc(F)ncn3)CC2)cc1. The van der Waals surface area contributed by atoms with E-state index in [0.29, 0.717) is 18.8 Å². The lowest BCUT2D eigenvalue weighted by atomic mass is 10.1. The monoisotopic (exact) mass is 357 g/mol. The van der Waals surface area contributed by atoms with Crippen LogP contribution in [-0.4, -0.2) is 47.0 Å². The highest BCUT2D eigenvalue weighted by atomic mass is 19.1. The summed E-state index contributed by atoms with van der Waals surface area (Å²) in [7, 11) is 0. The van der Waals surface area contributed by atoms with Gasteiger partial charge in [-0.05, 0) is 11.1 Å². The molecule has 26 heavy (non-hydrogen) atoms. The van der Waals surface area contributed by atoms with Crippen molar-refractivity contribution in [1.29, 1.82) is 0 Å². The van der Waals surface area contributed by atoms with Crippen LogP contribution in [0.4, 0.5) is 10.2 Å². The Morgan fingerprint density at radius 2 is 1.81 bits per heavy atom. The van der Waals surface area contributed by atoms with Crippen molar-refractivity contribution < 1.29 is 9.18 Å². The van der Waals surface area contributed by atoms with E-state index in [2.05, 4.69) is 49.4 Å².